The second-order valence-corrected chi connectivity index (χ2v) is 5.35. The van der Waals surface area contributed by atoms with Crippen LogP contribution in [0.3, 0.4) is 0 Å². The Hall–Kier alpha value is -1.58. The Morgan fingerprint density at radius 1 is 1.47 bits per heavy atom. The van der Waals surface area contributed by atoms with E-state index in [1.807, 2.05) is 0 Å². The molecule has 0 radical (unpaired) electrons. The van der Waals surface area contributed by atoms with Crippen molar-refractivity contribution in [3.8, 4) is 0 Å². The van der Waals surface area contributed by atoms with Gasteiger partial charge in [-0.05, 0) is 37.0 Å². The standard InChI is InChI=1S/C15H21FN2O/c1-2-10-4-3-5-12(8-10)18-15(19)13-9-11(17)6-7-14(13)16/h6-7,9-10,12H,2-5,8,17H2,1H3,(H,18,19). The fourth-order valence-electron chi connectivity index (χ4n) is 2.77. The summed E-state index contributed by atoms with van der Waals surface area (Å²) in [4.78, 5) is 12.1. The minimum Gasteiger partial charge on any atom is -0.399 e. The molecule has 0 heterocycles. The van der Waals surface area contributed by atoms with Gasteiger partial charge in [0.25, 0.3) is 5.91 Å². The second kappa shape index (κ2) is 6.04. The molecule has 0 saturated heterocycles. The summed E-state index contributed by atoms with van der Waals surface area (Å²) in [5.74, 6) is -0.203. The lowest BCUT2D eigenvalue weighted by Gasteiger charge is -2.29. The first-order chi connectivity index (χ1) is 9.10. The molecule has 1 aromatic rings. The van der Waals surface area contributed by atoms with Gasteiger partial charge in [0.05, 0.1) is 5.56 Å². The SMILES string of the molecule is CCC1CCCC(NC(=O)c2cc(N)ccc2F)C1. The third-order valence-corrected chi connectivity index (χ3v) is 3.93. The smallest absolute Gasteiger partial charge is 0.254 e. The van der Waals surface area contributed by atoms with E-state index in [0.29, 0.717) is 11.6 Å². The van der Waals surface area contributed by atoms with Crippen molar-refractivity contribution in [3.63, 3.8) is 0 Å². The minimum atomic E-state index is -0.519. The summed E-state index contributed by atoms with van der Waals surface area (Å²) in [7, 11) is 0. The van der Waals surface area contributed by atoms with Gasteiger partial charge in [-0.25, -0.2) is 4.39 Å². The molecule has 2 atom stereocenters. The van der Waals surface area contributed by atoms with Crippen molar-refractivity contribution >= 4 is 11.6 Å². The Morgan fingerprint density at radius 3 is 3.00 bits per heavy atom. The van der Waals surface area contributed by atoms with Crippen LogP contribution in [0.2, 0.25) is 0 Å². The zero-order valence-electron chi connectivity index (χ0n) is 11.3. The topological polar surface area (TPSA) is 55.1 Å². The molecule has 104 valence electrons. The lowest BCUT2D eigenvalue weighted by atomic mass is 9.84. The Labute approximate surface area is 113 Å². The van der Waals surface area contributed by atoms with E-state index in [1.165, 1.54) is 24.6 Å². The Kier molecular flexibility index (Phi) is 4.40. The Bertz CT molecular complexity index is 461. The molecule has 19 heavy (non-hydrogen) atoms. The number of hydrogen-bond acceptors (Lipinski definition) is 2. The van der Waals surface area contributed by atoms with Gasteiger partial charge in [-0.1, -0.05) is 26.2 Å². The van der Waals surface area contributed by atoms with Gasteiger partial charge in [0.2, 0.25) is 0 Å². The minimum absolute atomic E-state index is 0.0404. The van der Waals surface area contributed by atoms with Crippen molar-refractivity contribution in [1.29, 1.82) is 0 Å². The lowest BCUT2D eigenvalue weighted by Crippen LogP contribution is -2.38. The molecule has 3 N–H and O–H groups in total. The van der Waals surface area contributed by atoms with Crippen LogP contribution in [0, 0.1) is 11.7 Å². The monoisotopic (exact) mass is 264 g/mol. The summed E-state index contributed by atoms with van der Waals surface area (Å²) >= 11 is 0. The molecule has 2 rings (SSSR count). The number of carbonyl (C=O) groups is 1. The maximum Gasteiger partial charge on any atom is 0.254 e. The van der Waals surface area contributed by atoms with Crippen LogP contribution in [0.5, 0.6) is 0 Å². The number of amides is 1. The van der Waals surface area contributed by atoms with E-state index in [0.717, 1.165) is 25.7 Å². The fraction of sp³-hybridized carbons (Fsp3) is 0.533. The molecular formula is C15H21FN2O. The summed E-state index contributed by atoms with van der Waals surface area (Å²) < 4.78 is 13.6. The normalized spacial score (nSPS) is 23.1. The number of nitrogens with two attached hydrogens (primary N) is 1. The van der Waals surface area contributed by atoms with E-state index in [1.54, 1.807) is 0 Å². The summed E-state index contributed by atoms with van der Waals surface area (Å²) in [6, 6.07) is 4.25. The number of rotatable bonds is 3. The van der Waals surface area contributed by atoms with Gasteiger partial charge >= 0.3 is 0 Å². The molecule has 3 nitrogen and oxygen atoms in total. The van der Waals surface area contributed by atoms with Crippen LogP contribution >= 0.6 is 0 Å². The summed E-state index contributed by atoms with van der Waals surface area (Å²) in [5, 5.41) is 2.93. The van der Waals surface area contributed by atoms with Gasteiger partial charge in [0.1, 0.15) is 5.82 Å². The van der Waals surface area contributed by atoms with Crippen LogP contribution in [0.1, 0.15) is 49.4 Å². The number of nitrogen functional groups attached to an aromatic ring is 1. The first-order valence-electron chi connectivity index (χ1n) is 6.96. The molecule has 1 aliphatic rings. The van der Waals surface area contributed by atoms with E-state index in [2.05, 4.69) is 12.2 Å². The first kappa shape index (κ1) is 13.8. The van der Waals surface area contributed by atoms with E-state index >= 15 is 0 Å². The lowest BCUT2D eigenvalue weighted by molar-refractivity contribution is 0.0915. The predicted molar refractivity (Wildman–Crippen MR) is 74.3 cm³/mol. The molecule has 1 aliphatic carbocycles. The van der Waals surface area contributed by atoms with Crippen molar-refractivity contribution in [2.75, 3.05) is 5.73 Å². The van der Waals surface area contributed by atoms with Crippen LogP contribution in [0.25, 0.3) is 0 Å². The number of hydrogen-bond donors (Lipinski definition) is 2. The van der Waals surface area contributed by atoms with E-state index in [4.69, 9.17) is 5.73 Å². The van der Waals surface area contributed by atoms with Crippen molar-refractivity contribution in [3.05, 3.63) is 29.6 Å². The average molecular weight is 264 g/mol. The molecule has 1 saturated carbocycles. The number of carbonyl (C=O) groups excluding carboxylic acids is 1. The van der Waals surface area contributed by atoms with E-state index in [-0.39, 0.29) is 17.5 Å². The summed E-state index contributed by atoms with van der Waals surface area (Å²) in [5.41, 5.74) is 6.04. The third-order valence-electron chi connectivity index (χ3n) is 3.93. The molecule has 0 spiro atoms. The number of benzene rings is 1. The highest BCUT2D eigenvalue weighted by Gasteiger charge is 2.23. The molecule has 1 amide bonds. The van der Waals surface area contributed by atoms with Crippen molar-refractivity contribution in [2.45, 2.75) is 45.1 Å². The second-order valence-electron chi connectivity index (χ2n) is 5.35. The third kappa shape index (κ3) is 3.46. The van der Waals surface area contributed by atoms with Crippen LogP contribution in [0.15, 0.2) is 18.2 Å². The molecule has 0 bridgehead atoms. The maximum absolute atomic E-state index is 13.6. The van der Waals surface area contributed by atoms with E-state index in [9.17, 15) is 9.18 Å². The highest BCUT2D eigenvalue weighted by molar-refractivity contribution is 5.95. The van der Waals surface area contributed by atoms with Crippen molar-refractivity contribution in [1.82, 2.24) is 5.32 Å². The zero-order chi connectivity index (χ0) is 13.8. The number of anilines is 1. The van der Waals surface area contributed by atoms with Gasteiger partial charge in [0.15, 0.2) is 0 Å². The molecule has 1 fully saturated rings. The molecule has 0 aromatic heterocycles. The van der Waals surface area contributed by atoms with Gasteiger partial charge in [-0.3, -0.25) is 4.79 Å². The average Bonchev–Trinajstić information content (AvgIpc) is 2.41. The number of nitrogens with one attached hydrogen (secondary N) is 1. The summed E-state index contributed by atoms with van der Waals surface area (Å²) in [6.45, 7) is 2.17. The Balaban J connectivity index is 2.02. The zero-order valence-corrected chi connectivity index (χ0v) is 11.3. The fourth-order valence-corrected chi connectivity index (χ4v) is 2.77. The highest BCUT2D eigenvalue weighted by atomic mass is 19.1. The van der Waals surface area contributed by atoms with Crippen LogP contribution in [-0.4, -0.2) is 11.9 Å². The predicted octanol–water partition coefficient (Wildman–Crippen LogP) is 3.11. The molecule has 4 heteroatoms. The molecule has 1 aromatic carbocycles. The van der Waals surface area contributed by atoms with Crippen LogP contribution < -0.4 is 11.1 Å². The van der Waals surface area contributed by atoms with Gasteiger partial charge in [0, 0.05) is 11.7 Å². The van der Waals surface area contributed by atoms with Gasteiger partial charge in [-0.2, -0.15) is 0 Å². The van der Waals surface area contributed by atoms with Crippen LogP contribution in [-0.2, 0) is 0 Å². The van der Waals surface area contributed by atoms with Gasteiger partial charge < -0.3 is 11.1 Å². The molecule has 0 aliphatic heterocycles. The Morgan fingerprint density at radius 2 is 2.26 bits per heavy atom. The molecular weight excluding hydrogens is 243 g/mol. The number of halogens is 1. The first-order valence-corrected chi connectivity index (χ1v) is 6.96. The summed E-state index contributed by atoms with van der Waals surface area (Å²) in [6.07, 6.45) is 5.47. The molecule has 2 unspecified atom stereocenters. The van der Waals surface area contributed by atoms with Crippen molar-refractivity contribution < 1.29 is 9.18 Å². The largest absolute Gasteiger partial charge is 0.399 e. The van der Waals surface area contributed by atoms with Gasteiger partial charge in [-0.15, -0.1) is 0 Å². The maximum atomic E-state index is 13.6. The highest BCUT2D eigenvalue weighted by Crippen LogP contribution is 2.26. The quantitative estimate of drug-likeness (QED) is 0.824. The van der Waals surface area contributed by atoms with Crippen molar-refractivity contribution in [2.24, 2.45) is 5.92 Å². The van der Waals surface area contributed by atoms with Crippen LogP contribution in [0.4, 0.5) is 10.1 Å². The van der Waals surface area contributed by atoms with E-state index < -0.39 is 5.82 Å².